The first-order valence-corrected chi connectivity index (χ1v) is 6.88. The minimum Gasteiger partial charge on any atom is -0.389 e. The number of piperidine rings is 1. The third-order valence-electron chi connectivity index (χ3n) is 3.97. The molecule has 3 nitrogen and oxygen atoms in total. The lowest BCUT2D eigenvalue weighted by Gasteiger charge is -2.38. The number of aliphatic hydroxyl groups is 1. The molecule has 106 valence electrons. The fourth-order valence-electron chi connectivity index (χ4n) is 2.90. The van der Waals surface area contributed by atoms with E-state index < -0.39 is 6.10 Å². The number of hydrogen-bond acceptors (Lipinski definition) is 3. The van der Waals surface area contributed by atoms with Crippen LogP contribution in [0.4, 0.5) is 10.1 Å². The molecule has 1 aliphatic rings. The third kappa shape index (κ3) is 3.07. The lowest BCUT2D eigenvalue weighted by atomic mass is 10.0. The molecule has 0 bridgehead atoms. The lowest BCUT2D eigenvalue weighted by molar-refractivity contribution is 0.193. The molecule has 1 unspecified atom stereocenters. The summed E-state index contributed by atoms with van der Waals surface area (Å²) in [5.41, 5.74) is 1.20. The van der Waals surface area contributed by atoms with Gasteiger partial charge in [0.2, 0.25) is 0 Å². The summed E-state index contributed by atoms with van der Waals surface area (Å²) in [6.07, 6.45) is 1.47. The Morgan fingerprint density at radius 3 is 2.84 bits per heavy atom. The Labute approximate surface area is 114 Å². The molecule has 1 heterocycles. The van der Waals surface area contributed by atoms with Crippen molar-refractivity contribution in [3.8, 4) is 0 Å². The van der Waals surface area contributed by atoms with Crippen molar-refractivity contribution in [1.29, 1.82) is 0 Å². The average Bonchev–Trinajstić information content (AvgIpc) is 2.37. The van der Waals surface area contributed by atoms with Crippen LogP contribution in [0.15, 0.2) is 18.2 Å². The van der Waals surface area contributed by atoms with Crippen molar-refractivity contribution in [3.63, 3.8) is 0 Å². The number of hydrogen-bond donors (Lipinski definition) is 1. The van der Waals surface area contributed by atoms with Gasteiger partial charge in [-0.05, 0) is 45.5 Å². The zero-order valence-electron chi connectivity index (χ0n) is 11.9. The summed E-state index contributed by atoms with van der Waals surface area (Å²) in [5.74, 6) is -0.330. The van der Waals surface area contributed by atoms with E-state index in [0.29, 0.717) is 11.6 Å². The molecule has 0 spiro atoms. The quantitative estimate of drug-likeness (QED) is 0.910. The van der Waals surface area contributed by atoms with E-state index in [2.05, 4.69) is 16.8 Å². The van der Waals surface area contributed by atoms with E-state index in [1.54, 1.807) is 13.0 Å². The molecule has 1 aromatic carbocycles. The highest BCUT2D eigenvalue weighted by Gasteiger charge is 2.24. The van der Waals surface area contributed by atoms with Gasteiger partial charge in [-0.15, -0.1) is 0 Å². The van der Waals surface area contributed by atoms with E-state index in [-0.39, 0.29) is 5.82 Å². The maximum absolute atomic E-state index is 13.9. The standard InChI is InChI=1S/C15H23FN2O/c1-11(19)15-13(16)7-4-8-14(15)18(3)12-6-5-9-17(2)10-12/h4,7-8,11-12,19H,5-6,9-10H2,1-3H3/t11-,12?/m1/s1. The number of likely N-dealkylation sites (tertiary alicyclic amines) is 1. The lowest BCUT2D eigenvalue weighted by Crippen LogP contribution is -2.45. The van der Waals surface area contributed by atoms with Crippen molar-refractivity contribution in [2.24, 2.45) is 0 Å². The maximum Gasteiger partial charge on any atom is 0.131 e. The number of aliphatic hydroxyl groups excluding tert-OH is 1. The van der Waals surface area contributed by atoms with Crippen molar-refractivity contribution in [3.05, 3.63) is 29.6 Å². The predicted octanol–water partition coefficient (Wildman–Crippen LogP) is 2.41. The second-order valence-corrected chi connectivity index (χ2v) is 5.52. The second-order valence-electron chi connectivity index (χ2n) is 5.52. The molecule has 1 fully saturated rings. The topological polar surface area (TPSA) is 26.7 Å². The van der Waals surface area contributed by atoms with Gasteiger partial charge in [0, 0.05) is 30.9 Å². The molecule has 1 N–H and O–H groups in total. The van der Waals surface area contributed by atoms with Crippen LogP contribution in [0.5, 0.6) is 0 Å². The smallest absolute Gasteiger partial charge is 0.131 e. The van der Waals surface area contributed by atoms with E-state index in [1.807, 2.05) is 13.1 Å². The Morgan fingerprint density at radius 2 is 2.21 bits per heavy atom. The fraction of sp³-hybridized carbons (Fsp3) is 0.600. The van der Waals surface area contributed by atoms with Crippen molar-refractivity contribution in [2.75, 3.05) is 32.1 Å². The number of likely N-dealkylation sites (N-methyl/N-ethyl adjacent to an activating group) is 2. The van der Waals surface area contributed by atoms with Crippen LogP contribution in [0.25, 0.3) is 0 Å². The summed E-state index contributed by atoms with van der Waals surface area (Å²) in [7, 11) is 4.10. The Hall–Kier alpha value is -1.13. The van der Waals surface area contributed by atoms with Crippen molar-refractivity contribution in [1.82, 2.24) is 4.90 Å². The van der Waals surface area contributed by atoms with Crippen LogP contribution in [0.3, 0.4) is 0 Å². The van der Waals surface area contributed by atoms with E-state index in [4.69, 9.17) is 0 Å². The van der Waals surface area contributed by atoms with Crippen molar-refractivity contribution in [2.45, 2.75) is 31.9 Å². The monoisotopic (exact) mass is 266 g/mol. The van der Waals surface area contributed by atoms with E-state index in [0.717, 1.165) is 31.6 Å². The van der Waals surface area contributed by atoms with Gasteiger partial charge in [-0.3, -0.25) is 0 Å². The first kappa shape index (κ1) is 14.3. The first-order chi connectivity index (χ1) is 9.00. The molecule has 19 heavy (non-hydrogen) atoms. The molecule has 4 heteroatoms. The van der Waals surface area contributed by atoms with E-state index >= 15 is 0 Å². The van der Waals surface area contributed by atoms with Crippen LogP contribution in [-0.2, 0) is 0 Å². The molecule has 0 aliphatic carbocycles. The van der Waals surface area contributed by atoms with Gasteiger partial charge in [-0.1, -0.05) is 6.07 Å². The van der Waals surface area contributed by atoms with Crippen LogP contribution >= 0.6 is 0 Å². The van der Waals surface area contributed by atoms with Crippen molar-refractivity contribution < 1.29 is 9.50 Å². The van der Waals surface area contributed by atoms with Gasteiger partial charge < -0.3 is 14.9 Å². The van der Waals surface area contributed by atoms with E-state index in [1.165, 1.54) is 6.07 Å². The summed E-state index contributed by atoms with van der Waals surface area (Å²) >= 11 is 0. The number of benzene rings is 1. The minimum absolute atomic E-state index is 0.330. The fourth-order valence-corrected chi connectivity index (χ4v) is 2.90. The Balaban J connectivity index is 2.28. The van der Waals surface area contributed by atoms with Gasteiger partial charge in [0.25, 0.3) is 0 Å². The number of halogens is 1. The Bertz CT molecular complexity index is 436. The summed E-state index contributed by atoms with van der Waals surface area (Å²) in [6, 6.07) is 5.38. The zero-order chi connectivity index (χ0) is 14.0. The summed E-state index contributed by atoms with van der Waals surface area (Å²) in [5, 5.41) is 9.81. The summed E-state index contributed by atoms with van der Waals surface area (Å²) in [4.78, 5) is 4.41. The molecular formula is C15H23FN2O. The average molecular weight is 266 g/mol. The first-order valence-electron chi connectivity index (χ1n) is 6.88. The molecular weight excluding hydrogens is 243 g/mol. The van der Waals surface area contributed by atoms with Gasteiger partial charge >= 0.3 is 0 Å². The molecule has 1 aliphatic heterocycles. The molecule has 2 atom stereocenters. The van der Waals surface area contributed by atoms with Gasteiger partial charge in [0.05, 0.1) is 6.10 Å². The normalized spacial score (nSPS) is 22.3. The van der Waals surface area contributed by atoms with E-state index in [9.17, 15) is 9.50 Å². The van der Waals surface area contributed by atoms with Crippen LogP contribution < -0.4 is 4.90 Å². The van der Waals surface area contributed by atoms with Crippen LogP contribution in [0, 0.1) is 5.82 Å². The number of anilines is 1. The summed E-state index contributed by atoms with van der Waals surface area (Å²) < 4.78 is 13.9. The molecule has 2 rings (SSSR count). The van der Waals surface area contributed by atoms with Gasteiger partial charge in [0.1, 0.15) is 5.82 Å². The zero-order valence-corrected chi connectivity index (χ0v) is 11.9. The maximum atomic E-state index is 13.9. The Kier molecular flexibility index (Phi) is 4.42. The number of nitrogens with zero attached hydrogens (tertiary/aromatic N) is 2. The van der Waals surface area contributed by atoms with Gasteiger partial charge in [-0.25, -0.2) is 4.39 Å². The highest BCUT2D eigenvalue weighted by atomic mass is 19.1. The molecule has 1 aromatic rings. The second kappa shape index (κ2) is 5.88. The largest absolute Gasteiger partial charge is 0.389 e. The molecule has 0 aromatic heterocycles. The molecule has 1 saturated heterocycles. The third-order valence-corrected chi connectivity index (χ3v) is 3.97. The molecule has 0 saturated carbocycles. The van der Waals surface area contributed by atoms with Crippen LogP contribution in [-0.4, -0.2) is 43.2 Å². The minimum atomic E-state index is -0.792. The summed E-state index contributed by atoms with van der Waals surface area (Å²) in [6.45, 7) is 3.71. The van der Waals surface area contributed by atoms with Gasteiger partial charge in [0.15, 0.2) is 0 Å². The highest BCUT2D eigenvalue weighted by Crippen LogP contribution is 2.30. The predicted molar refractivity (Wildman–Crippen MR) is 76.0 cm³/mol. The number of rotatable bonds is 3. The molecule has 0 amide bonds. The SMILES string of the molecule is C[C@@H](O)c1c(F)cccc1N(C)C1CCCN(C)C1. The van der Waals surface area contributed by atoms with Gasteiger partial charge in [-0.2, -0.15) is 0 Å². The van der Waals surface area contributed by atoms with Crippen LogP contribution in [0.1, 0.15) is 31.4 Å². The highest BCUT2D eigenvalue weighted by molar-refractivity contribution is 5.55. The van der Waals surface area contributed by atoms with Crippen molar-refractivity contribution >= 4 is 5.69 Å². The molecule has 0 radical (unpaired) electrons. The van der Waals surface area contributed by atoms with Crippen LogP contribution in [0.2, 0.25) is 0 Å². The Morgan fingerprint density at radius 1 is 1.47 bits per heavy atom.